The van der Waals surface area contributed by atoms with Gasteiger partial charge in [0, 0.05) is 13.1 Å². The third-order valence-electron chi connectivity index (χ3n) is 2.99. The molecule has 1 N–H and O–H groups in total. The summed E-state index contributed by atoms with van der Waals surface area (Å²) >= 11 is 0. The number of hydrogen-bond acceptors (Lipinski definition) is 3. The molecule has 0 atom stereocenters. The maximum Gasteiger partial charge on any atom is 0.310 e. The maximum absolute atomic E-state index is 11.4. The van der Waals surface area contributed by atoms with E-state index in [2.05, 4.69) is 0 Å². The lowest BCUT2D eigenvalue weighted by molar-refractivity contribution is -0.143. The van der Waals surface area contributed by atoms with Crippen molar-refractivity contribution in [2.24, 2.45) is 5.41 Å². The molecule has 2 aliphatic rings. The summed E-state index contributed by atoms with van der Waals surface area (Å²) in [7, 11) is -3.14. The Morgan fingerprint density at radius 3 is 2.43 bits per heavy atom. The van der Waals surface area contributed by atoms with Crippen molar-refractivity contribution < 1.29 is 18.3 Å². The van der Waals surface area contributed by atoms with Gasteiger partial charge in [-0.25, -0.2) is 12.7 Å². The van der Waals surface area contributed by atoms with Crippen LogP contribution >= 0.6 is 0 Å². The fourth-order valence-electron chi connectivity index (χ4n) is 1.80. The number of carboxylic acids is 1. The van der Waals surface area contributed by atoms with E-state index in [0.29, 0.717) is 25.8 Å². The topological polar surface area (TPSA) is 74.7 Å². The largest absolute Gasteiger partial charge is 0.481 e. The van der Waals surface area contributed by atoms with Crippen molar-refractivity contribution in [2.75, 3.05) is 18.8 Å². The highest BCUT2D eigenvalue weighted by Crippen LogP contribution is 2.47. The Kier molecular flexibility index (Phi) is 2.08. The highest BCUT2D eigenvalue weighted by Gasteiger charge is 2.53. The Bertz CT molecular complexity index is 358. The summed E-state index contributed by atoms with van der Waals surface area (Å²) in [5, 5.41) is 8.91. The second-order valence-electron chi connectivity index (χ2n) is 4.09. The first-order valence-electron chi connectivity index (χ1n) is 4.68. The molecule has 0 bridgehead atoms. The van der Waals surface area contributed by atoms with E-state index in [1.807, 2.05) is 0 Å². The smallest absolute Gasteiger partial charge is 0.310 e. The minimum absolute atomic E-state index is 0.169. The minimum Gasteiger partial charge on any atom is -0.481 e. The van der Waals surface area contributed by atoms with E-state index in [4.69, 9.17) is 5.11 Å². The molecule has 5 nitrogen and oxygen atoms in total. The molecule has 0 aromatic heterocycles. The highest BCUT2D eigenvalue weighted by atomic mass is 32.2. The molecule has 2 rings (SSSR count). The first kappa shape index (κ1) is 9.92. The third kappa shape index (κ3) is 1.52. The van der Waals surface area contributed by atoms with Crippen LogP contribution in [-0.2, 0) is 14.8 Å². The molecule has 0 spiro atoms. The van der Waals surface area contributed by atoms with Crippen LogP contribution in [0.2, 0.25) is 0 Å². The van der Waals surface area contributed by atoms with Crippen LogP contribution < -0.4 is 0 Å². The number of carboxylic acid groups (broad SMARTS) is 1. The molecule has 0 aromatic carbocycles. The molecule has 2 fully saturated rings. The molecule has 0 aromatic rings. The van der Waals surface area contributed by atoms with E-state index in [1.165, 1.54) is 4.31 Å². The zero-order chi connectivity index (χ0) is 10.4. The van der Waals surface area contributed by atoms with Crippen molar-refractivity contribution in [1.82, 2.24) is 4.31 Å². The molecule has 80 valence electrons. The van der Waals surface area contributed by atoms with Crippen LogP contribution in [0.1, 0.15) is 19.3 Å². The predicted molar refractivity (Wildman–Crippen MR) is 49.3 cm³/mol. The van der Waals surface area contributed by atoms with Gasteiger partial charge in [-0.2, -0.15) is 0 Å². The fraction of sp³-hybridized carbons (Fsp3) is 0.875. The second kappa shape index (κ2) is 2.93. The van der Waals surface area contributed by atoms with Crippen LogP contribution in [0.3, 0.4) is 0 Å². The fourth-order valence-corrected chi connectivity index (χ4v) is 3.40. The average Bonchev–Trinajstić information content (AvgIpc) is 2.76. The number of aliphatic carboxylic acids is 1. The zero-order valence-corrected chi connectivity index (χ0v) is 8.59. The van der Waals surface area contributed by atoms with E-state index < -0.39 is 21.4 Å². The SMILES string of the molecule is O=C(O)C1(CN2CCCS2(=O)=O)CC1. The quantitative estimate of drug-likeness (QED) is 0.718. The molecular weight excluding hydrogens is 206 g/mol. The first-order valence-corrected chi connectivity index (χ1v) is 6.28. The van der Waals surface area contributed by atoms with Crippen molar-refractivity contribution in [1.29, 1.82) is 0 Å². The van der Waals surface area contributed by atoms with Gasteiger partial charge in [-0.3, -0.25) is 4.79 Å². The first-order chi connectivity index (χ1) is 6.46. The molecule has 14 heavy (non-hydrogen) atoms. The zero-order valence-electron chi connectivity index (χ0n) is 7.77. The van der Waals surface area contributed by atoms with Gasteiger partial charge in [0.25, 0.3) is 0 Å². The summed E-state index contributed by atoms with van der Waals surface area (Å²) < 4.78 is 24.2. The Balaban J connectivity index is 2.09. The highest BCUT2D eigenvalue weighted by molar-refractivity contribution is 7.89. The van der Waals surface area contributed by atoms with Crippen molar-refractivity contribution in [3.8, 4) is 0 Å². The van der Waals surface area contributed by atoms with Crippen LogP contribution in [0.5, 0.6) is 0 Å². The molecule has 1 aliphatic carbocycles. The van der Waals surface area contributed by atoms with E-state index in [0.717, 1.165) is 0 Å². The number of carbonyl (C=O) groups is 1. The lowest BCUT2D eigenvalue weighted by atomic mass is 10.1. The summed E-state index contributed by atoms with van der Waals surface area (Å²) in [6.07, 6.45) is 1.83. The summed E-state index contributed by atoms with van der Waals surface area (Å²) in [5.74, 6) is -0.692. The standard InChI is InChI=1S/C8H13NO4S/c10-7(11)8(2-3-8)6-9-4-1-5-14(9,12)13/h1-6H2,(H,10,11). The summed E-state index contributed by atoms with van der Waals surface area (Å²) in [6, 6.07) is 0. The van der Waals surface area contributed by atoms with Gasteiger partial charge in [-0.05, 0) is 19.3 Å². The number of nitrogens with zero attached hydrogens (tertiary/aromatic N) is 1. The molecule has 0 amide bonds. The van der Waals surface area contributed by atoms with E-state index in [-0.39, 0.29) is 12.3 Å². The van der Waals surface area contributed by atoms with Crippen LogP contribution in [0.15, 0.2) is 0 Å². The summed E-state index contributed by atoms with van der Waals surface area (Å²) in [4.78, 5) is 10.9. The Labute approximate surface area is 82.8 Å². The monoisotopic (exact) mass is 219 g/mol. The van der Waals surface area contributed by atoms with Gasteiger partial charge in [-0.1, -0.05) is 0 Å². The van der Waals surface area contributed by atoms with Crippen molar-refractivity contribution in [3.05, 3.63) is 0 Å². The molecule has 0 unspecified atom stereocenters. The van der Waals surface area contributed by atoms with Gasteiger partial charge in [0.1, 0.15) is 0 Å². The third-order valence-corrected chi connectivity index (χ3v) is 4.89. The lowest BCUT2D eigenvalue weighted by Crippen LogP contribution is -2.35. The Morgan fingerprint density at radius 2 is 2.07 bits per heavy atom. The lowest BCUT2D eigenvalue weighted by Gasteiger charge is -2.18. The van der Waals surface area contributed by atoms with E-state index in [9.17, 15) is 13.2 Å². The number of hydrogen-bond donors (Lipinski definition) is 1. The van der Waals surface area contributed by atoms with Crippen molar-refractivity contribution >= 4 is 16.0 Å². The van der Waals surface area contributed by atoms with Gasteiger partial charge in [0.15, 0.2) is 0 Å². The minimum atomic E-state index is -3.14. The summed E-state index contributed by atoms with van der Waals surface area (Å²) in [6.45, 7) is 0.655. The van der Waals surface area contributed by atoms with E-state index >= 15 is 0 Å². The van der Waals surface area contributed by atoms with Crippen LogP contribution in [-0.4, -0.2) is 42.6 Å². The molecular formula is C8H13NO4S. The van der Waals surface area contributed by atoms with Gasteiger partial charge in [0.05, 0.1) is 11.2 Å². The van der Waals surface area contributed by atoms with Gasteiger partial charge in [-0.15, -0.1) is 0 Å². The van der Waals surface area contributed by atoms with Crippen molar-refractivity contribution in [3.63, 3.8) is 0 Å². The number of sulfonamides is 1. The molecule has 0 radical (unpaired) electrons. The van der Waals surface area contributed by atoms with Gasteiger partial charge in [0.2, 0.25) is 10.0 Å². The molecule has 1 aliphatic heterocycles. The number of rotatable bonds is 3. The maximum atomic E-state index is 11.4. The molecule has 6 heteroatoms. The Morgan fingerprint density at radius 1 is 1.43 bits per heavy atom. The Hall–Kier alpha value is -0.620. The molecule has 1 heterocycles. The predicted octanol–water partition coefficient (Wildman–Crippen LogP) is -0.113. The summed E-state index contributed by atoms with van der Waals surface area (Å²) in [5.41, 5.74) is -0.766. The molecule has 1 saturated heterocycles. The average molecular weight is 219 g/mol. The van der Waals surface area contributed by atoms with Crippen LogP contribution in [0, 0.1) is 5.41 Å². The van der Waals surface area contributed by atoms with Gasteiger partial charge >= 0.3 is 5.97 Å². The van der Waals surface area contributed by atoms with Gasteiger partial charge < -0.3 is 5.11 Å². The van der Waals surface area contributed by atoms with Crippen molar-refractivity contribution in [2.45, 2.75) is 19.3 Å². The second-order valence-corrected chi connectivity index (χ2v) is 6.18. The normalized spacial score (nSPS) is 28.9. The molecule has 1 saturated carbocycles. The van der Waals surface area contributed by atoms with Crippen LogP contribution in [0.25, 0.3) is 0 Å². The van der Waals surface area contributed by atoms with Crippen LogP contribution in [0.4, 0.5) is 0 Å². The van der Waals surface area contributed by atoms with E-state index in [1.54, 1.807) is 0 Å².